The van der Waals surface area contributed by atoms with Gasteiger partial charge in [0.2, 0.25) is 5.91 Å². The van der Waals surface area contributed by atoms with Gasteiger partial charge in [-0.3, -0.25) is 14.3 Å². The normalized spacial score (nSPS) is 28.8. The average Bonchev–Trinajstić information content (AvgIpc) is 3.23. The van der Waals surface area contributed by atoms with Crippen molar-refractivity contribution in [3.8, 4) is 5.75 Å². The minimum atomic E-state index is -3.71. The molecule has 0 N–H and O–H groups in total. The van der Waals surface area contributed by atoms with Crippen LogP contribution in [0.5, 0.6) is 5.75 Å². The molecule has 170 valence electrons. The summed E-state index contributed by atoms with van der Waals surface area (Å²) in [5.74, 6) is 0.353. The average molecular weight is 455 g/mol. The molecule has 1 saturated heterocycles. The van der Waals surface area contributed by atoms with Gasteiger partial charge in [0.05, 0.1) is 13.2 Å². The minimum Gasteiger partial charge on any atom is -0.467 e. The number of hydrogen-bond acceptors (Lipinski definition) is 5. The zero-order valence-corrected chi connectivity index (χ0v) is 19.5. The highest BCUT2D eigenvalue weighted by atomic mass is 31.2. The summed E-state index contributed by atoms with van der Waals surface area (Å²) < 4.78 is 32.4. The molecule has 2 heterocycles. The summed E-state index contributed by atoms with van der Waals surface area (Å²) in [4.78, 5) is 16.0. The Balaban J connectivity index is 1.69. The first-order valence-electron chi connectivity index (χ1n) is 11.6. The van der Waals surface area contributed by atoms with Gasteiger partial charge in [0.15, 0.2) is 5.72 Å². The van der Waals surface area contributed by atoms with Crippen LogP contribution in [-0.2, 0) is 25.0 Å². The SMILES string of the molecule is CCOP(=O)(OCC)[C@H]1C(=O)N(Cc2ccccc2)[C@@]23CCC[C@@H]2[C@@H]1c1ccccc1O3. The largest absolute Gasteiger partial charge is 0.467 e. The second-order valence-corrected chi connectivity index (χ2v) is 10.9. The lowest BCUT2D eigenvalue weighted by Gasteiger charge is -2.57. The van der Waals surface area contributed by atoms with Gasteiger partial charge in [-0.1, -0.05) is 48.5 Å². The second kappa shape index (κ2) is 8.33. The van der Waals surface area contributed by atoms with Crippen molar-refractivity contribution in [2.75, 3.05) is 13.2 Å². The number of carbonyl (C=O) groups excluding carboxylic acids is 1. The quantitative estimate of drug-likeness (QED) is 0.528. The Morgan fingerprint density at radius 3 is 2.47 bits per heavy atom. The Morgan fingerprint density at radius 2 is 1.75 bits per heavy atom. The zero-order chi connectivity index (χ0) is 22.3. The Bertz CT molecular complexity index is 1030. The van der Waals surface area contributed by atoms with E-state index in [9.17, 15) is 9.36 Å². The van der Waals surface area contributed by atoms with E-state index < -0.39 is 19.0 Å². The Kier molecular flexibility index (Phi) is 5.65. The van der Waals surface area contributed by atoms with Gasteiger partial charge < -0.3 is 13.8 Å². The van der Waals surface area contributed by atoms with Crippen LogP contribution in [-0.4, -0.2) is 35.4 Å². The summed E-state index contributed by atoms with van der Waals surface area (Å²) in [6.07, 6.45) is 2.63. The second-order valence-electron chi connectivity index (χ2n) is 8.74. The third-order valence-electron chi connectivity index (χ3n) is 7.09. The molecule has 2 fully saturated rings. The zero-order valence-electron chi connectivity index (χ0n) is 18.6. The monoisotopic (exact) mass is 455 g/mol. The smallest absolute Gasteiger partial charge is 0.343 e. The van der Waals surface area contributed by atoms with Gasteiger partial charge in [0, 0.05) is 24.8 Å². The highest BCUT2D eigenvalue weighted by molar-refractivity contribution is 7.55. The van der Waals surface area contributed by atoms with Gasteiger partial charge >= 0.3 is 7.60 Å². The summed E-state index contributed by atoms with van der Waals surface area (Å²) in [6, 6.07) is 17.8. The number of hydrogen-bond donors (Lipinski definition) is 0. The van der Waals surface area contributed by atoms with Gasteiger partial charge in [-0.05, 0) is 43.9 Å². The molecule has 2 bridgehead atoms. The maximum Gasteiger partial charge on any atom is 0.343 e. The maximum atomic E-state index is 14.2. The molecule has 0 unspecified atom stereocenters. The Hall–Kier alpha value is -2.14. The number of piperidine rings is 1. The molecule has 0 aromatic heterocycles. The Labute approximate surface area is 189 Å². The number of benzene rings is 2. The Morgan fingerprint density at radius 1 is 1.06 bits per heavy atom. The number of carbonyl (C=O) groups is 1. The molecule has 3 aliphatic rings. The van der Waals surface area contributed by atoms with Crippen molar-refractivity contribution < 1.29 is 23.1 Å². The van der Waals surface area contributed by atoms with E-state index >= 15 is 0 Å². The van der Waals surface area contributed by atoms with E-state index in [4.69, 9.17) is 13.8 Å². The van der Waals surface area contributed by atoms with Crippen LogP contribution in [0.4, 0.5) is 0 Å². The molecule has 4 atom stereocenters. The van der Waals surface area contributed by atoms with Crippen molar-refractivity contribution in [1.82, 2.24) is 4.90 Å². The van der Waals surface area contributed by atoms with E-state index in [1.807, 2.05) is 59.5 Å². The van der Waals surface area contributed by atoms with Crippen LogP contribution < -0.4 is 4.74 Å². The van der Waals surface area contributed by atoms with E-state index in [0.29, 0.717) is 6.54 Å². The molecular formula is C25H30NO5P. The molecule has 2 aliphatic heterocycles. The highest BCUT2D eigenvalue weighted by Crippen LogP contribution is 2.68. The number of ether oxygens (including phenoxy) is 1. The third-order valence-corrected chi connectivity index (χ3v) is 9.55. The lowest BCUT2D eigenvalue weighted by molar-refractivity contribution is -0.183. The maximum absolute atomic E-state index is 14.2. The van der Waals surface area contributed by atoms with Crippen molar-refractivity contribution >= 4 is 13.5 Å². The van der Waals surface area contributed by atoms with Crippen molar-refractivity contribution in [3.63, 3.8) is 0 Å². The molecule has 2 aromatic carbocycles. The standard InChI is InChI=1S/C25H30NO5P/c1-3-29-32(28,30-4-2)23-22-19-13-8-9-15-21(19)31-25(16-10-14-20(22)25)26(24(23)27)17-18-11-6-5-7-12-18/h5-9,11-13,15,20,22-23H,3-4,10,14,16-17H2,1-2H3/t20-,22+,23-,25-/m1/s1. The van der Waals surface area contributed by atoms with E-state index in [0.717, 1.165) is 36.1 Å². The van der Waals surface area contributed by atoms with Gasteiger partial charge in [-0.2, -0.15) is 0 Å². The topological polar surface area (TPSA) is 65.1 Å². The van der Waals surface area contributed by atoms with Gasteiger partial charge in [-0.15, -0.1) is 0 Å². The number of para-hydroxylation sites is 1. The van der Waals surface area contributed by atoms with Crippen LogP contribution >= 0.6 is 7.60 Å². The van der Waals surface area contributed by atoms with E-state index in [1.54, 1.807) is 13.8 Å². The molecule has 7 heteroatoms. The summed E-state index contributed by atoms with van der Waals surface area (Å²) >= 11 is 0. The fourth-order valence-corrected chi connectivity index (χ4v) is 8.26. The summed E-state index contributed by atoms with van der Waals surface area (Å²) in [5, 5.41) is 0. The van der Waals surface area contributed by atoms with Crippen LogP contribution in [0.3, 0.4) is 0 Å². The van der Waals surface area contributed by atoms with Crippen LogP contribution in [0, 0.1) is 5.92 Å². The van der Waals surface area contributed by atoms with Gasteiger partial charge in [0.1, 0.15) is 11.4 Å². The van der Waals surface area contributed by atoms with Gasteiger partial charge in [-0.25, -0.2) is 0 Å². The molecule has 2 aromatic rings. The first-order chi connectivity index (χ1) is 15.5. The highest BCUT2D eigenvalue weighted by Gasteiger charge is 2.68. The fourth-order valence-electron chi connectivity index (χ4n) is 5.98. The number of rotatable bonds is 7. The van der Waals surface area contributed by atoms with E-state index in [1.165, 1.54) is 0 Å². The summed E-state index contributed by atoms with van der Waals surface area (Å²) in [7, 11) is -3.71. The molecule has 6 nitrogen and oxygen atoms in total. The van der Waals surface area contributed by atoms with Crippen molar-refractivity contribution in [2.24, 2.45) is 5.92 Å². The number of likely N-dealkylation sites (tertiary alicyclic amines) is 1. The van der Waals surface area contributed by atoms with Crippen LogP contribution in [0.1, 0.15) is 50.2 Å². The van der Waals surface area contributed by atoms with Gasteiger partial charge in [0.25, 0.3) is 0 Å². The molecule has 32 heavy (non-hydrogen) atoms. The molecule has 0 radical (unpaired) electrons. The predicted octanol–water partition coefficient (Wildman–Crippen LogP) is 5.34. The first kappa shape index (κ1) is 21.7. The summed E-state index contributed by atoms with van der Waals surface area (Å²) in [5.41, 5.74) is 0.342. The van der Waals surface area contributed by atoms with Crippen molar-refractivity contribution in [3.05, 3.63) is 65.7 Å². The van der Waals surface area contributed by atoms with Crippen LogP contribution in [0.2, 0.25) is 0 Å². The molecule has 5 rings (SSSR count). The molecule has 1 amide bonds. The third kappa shape index (κ3) is 3.23. The lowest BCUT2D eigenvalue weighted by atomic mass is 9.72. The predicted molar refractivity (Wildman–Crippen MR) is 122 cm³/mol. The van der Waals surface area contributed by atoms with E-state index in [2.05, 4.69) is 0 Å². The van der Waals surface area contributed by atoms with Crippen molar-refractivity contribution in [1.29, 1.82) is 0 Å². The molecule has 1 saturated carbocycles. The number of amides is 1. The lowest BCUT2D eigenvalue weighted by Crippen LogP contribution is -2.68. The molecule has 1 aliphatic carbocycles. The molecule has 0 spiro atoms. The van der Waals surface area contributed by atoms with Crippen molar-refractivity contribution in [2.45, 2.75) is 57.0 Å². The number of nitrogens with zero attached hydrogens (tertiary/aromatic N) is 1. The van der Waals surface area contributed by atoms with Crippen LogP contribution in [0.25, 0.3) is 0 Å². The fraction of sp³-hybridized carbons (Fsp3) is 0.480. The first-order valence-corrected chi connectivity index (χ1v) is 13.2. The number of fused-ring (bicyclic) bond motifs is 2. The minimum absolute atomic E-state index is 0.0399. The summed E-state index contributed by atoms with van der Waals surface area (Å²) in [6.45, 7) is 4.43. The molecular weight excluding hydrogens is 425 g/mol. The van der Waals surface area contributed by atoms with E-state index in [-0.39, 0.29) is 31.0 Å². The van der Waals surface area contributed by atoms with Crippen LogP contribution in [0.15, 0.2) is 54.6 Å².